The molecule has 0 radical (unpaired) electrons. The Morgan fingerprint density at radius 3 is 3.00 bits per heavy atom. The summed E-state index contributed by atoms with van der Waals surface area (Å²) in [6.45, 7) is 0. The minimum absolute atomic E-state index is 0.0937. The Morgan fingerprint density at radius 1 is 1.70 bits per heavy atom. The molecule has 1 amide bonds. The summed E-state index contributed by atoms with van der Waals surface area (Å²) >= 11 is 1.51. The van der Waals surface area contributed by atoms with E-state index < -0.39 is 0 Å². The predicted molar refractivity (Wildman–Crippen MR) is 40.8 cm³/mol. The van der Waals surface area contributed by atoms with Crippen LogP contribution in [-0.4, -0.2) is 13.0 Å². The molecule has 0 saturated carbocycles. The van der Waals surface area contributed by atoms with Gasteiger partial charge in [-0.3, -0.25) is 10.2 Å². The van der Waals surface area contributed by atoms with Crippen molar-refractivity contribution in [2.75, 3.05) is 7.05 Å². The van der Waals surface area contributed by atoms with Crippen molar-refractivity contribution >= 4 is 17.2 Å². The van der Waals surface area contributed by atoms with Gasteiger partial charge >= 0.3 is 0 Å². The van der Waals surface area contributed by atoms with Gasteiger partial charge in [0.25, 0.3) is 5.91 Å². The van der Waals surface area contributed by atoms with Crippen molar-refractivity contribution in [2.45, 2.75) is 0 Å². The van der Waals surface area contributed by atoms with Gasteiger partial charge in [-0.05, 0) is 11.4 Å². The Morgan fingerprint density at radius 2 is 2.50 bits per heavy atom. The van der Waals surface area contributed by atoms with Crippen LogP contribution in [0.1, 0.15) is 10.4 Å². The van der Waals surface area contributed by atoms with Gasteiger partial charge < -0.3 is 0 Å². The first-order chi connectivity index (χ1) is 4.84. The van der Waals surface area contributed by atoms with Crippen molar-refractivity contribution in [3.05, 3.63) is 22.4 Å². The molecule has 0 aliphatic carbocycles. The fourth-order valence-corrected chi connectivity index (χ4v) is 1.22. The van der Waals surface area contributed by atoms with Crippen LogP contribution >= 0.6 is 11.3 Å². The summed E-state index contributed by atoms with van der Waals surface area (Å²) in [4.78, 5) is 10.9. The molecule has 2 N–H and O–H groups in total. The Bertz CT molecular complexity index is 208. The summed E-state index contributed by atoms with van der Waals surface area (Å²) in [6.07, 6.45) is 0. The molecule has 3 nitrogen and oxygen atoms in total. The van der Waals surface area contributed by atoms with Crippen LogP contribution in [0, 0.1) is 0 Å². The average molecular weight is 156 g/mol. The predicted octanol–water partition coefficient (Wildman–Crippen LogP) is 0.612. The maximum atomic E-state index is 10.9. The van der Waals surface area contributed by atoms with Gasteiger partial charge in [0.15, 0.2) is 0 Å². The highest BCUT2D eigenvalue weighted by atomic mass is 32.1. The van der Waals surface area contributed by atoms with Gasteiger partial charge in [-0.25, -0.2) is 5.43 Å². The maximum Gasteiger partial charge on any atom is 0.266 e. The lowest BCUT2D eigenvalue weighted by atomic mass is 10.3. The zero-order chi connectivity index (χ0) is 7.40. The van der Waals surface area contributed by atoms with Crippen molar-refractivity contribution < 1.29 is 4.79 Å². The Hall–Kier alpha value is -0.870. The molecule has 0 spiro atoms. The third-order valence-corrected chi connectivity index (χ3v) is 1.71. The minimum Gasteiger partial charge on any atom is -0.288 e. The van der Waals surface area contributed by atoms with Crippen LogP contribution in [0.4, 0.5) is 0 Å². The lowest BCUT2D eigenvalue weighted by molar-refractivity contribution is 0.0938. The smallest absolute Gasteiger partial charge is 0.266 e. The molecular weight excluding hydrogens is 148 g/mol. The Balaban J connectivity index is 2.59. The molecule has 1 aromatic rings. The van der Waals surface area contributed by atoms with Gasteiger partial charge in [-0.1, -0.05) is 0 Å². The average Bonchev–Trinajstić information content (AvgIpc) is 2.38. The van der Waals surface area contributed by atoms with Gasteiger partial charge in [-0.2, -0.15) is 11.3 Å². The molecule has 1 heterocycles. The van der Waals surface area contributed by atoms with Crippen LogP contribution in [0.5, 0.6) is 0 Å². The van der Waals surface area contributed by atoms with E-state index >= 15 is 0 Å². The van der Waals surface area contributed by atoms with E-state index in [1.165, 1.54) is 11.3 Å². The normalized spacial score (nSPS) is 9.30. The van der Waals surface area contributed by atoms with Gasteiger partial charge in [0.05, 0.1) is 5.56 Å². The molecule has 1 aromatic heterocycles. The summed E-state index contributed by atoms with van der Waals surface area (Å²) in [5.74, 6) is -0.0937. The summed E-state index contributed by atoms with van der Waals surface area (Å²) in [5.41, 5.74) is 5.72. The molecule has 10 heavy (non-hydrogen) atoms. The van der Waals surface area contributed by atoms with E-state index in [2.05, 4.69) is 10.9 Å². The summed E-state index contributed by atoms with van der Waals surface area (Å²) in [6, 6.07) is 1.78. The minimum atomic E-state index is -0.0937. The zero-order valence-corrected chi connectivity index (χ0v) is 6.37. The van der Waals surface area contributed by atoms with Gasteiger partial charge in [-0.15, -0.1) is 0 Å². The molecule has 0 unspecified atom stereocenters. The van der Waals surface area contributed by atoms with E-state index in [-0.39, 0.29) is 5.91 Å². The van der Waals surface area contributed by atoms with Crippen LogP contribution in [0.2, 0.25) is 0 Å². The Kier molecular flexibility index (Phi) is 2.42. The SMILES string of the molecule is CNNC(=O)c1ccsc1. The van der Waals surface area contributed by atoms with Gasteiger partial charge in [0.2, 0.25) is 0 Å². The third kappa shape index (κ3) is 1.55. The number of carbonyl (C=O) groups excluding carboxylic acids is 1. The highest BCUT2D eigenvalue weighted by molar-refractivity contribution is 7.08. The maximum absolute atomic E-state index is 10.9. The second-order valence-corrected chi connectivity index (χ2v) is 2.50. The van der Waals surface area contributed by atoms with Crippen molar-refractivity contribution in [3.63, 3.8) is 0 Å². The highest BCUT2D eigenvalue weighted by Gasteiger charge is 2.01. The number of amides is 1. The topological polar surface area (TPSA) is 41.1 Å². The second kappa shape index (κ2) is 3.34. The molecule has 0 fully saturated rings. The Labute approximate surface area is 63.0 Å². The second-order valence-electron chi connectivity index (χ2n) is 1.72. The number of hydrazine groups is 1. The van der Waals surface area contributed by atoms with E-state index in [1.54, 1.807) is 18.5 Å². The standard InChI is InChI=1S/C6H8N2OS/c1-7-8-6(9)5-2-3-10-4-5/h2-4,7H,1H3,(H,8,9). The lowest BCUT2D eigenvalue weighted by Gasteiger charge is -1.97. The van der Waals surface area contributed by atoms with E-state index in [9.17, 15) is 4.79 Å². The number of hydrogen-bond acceptors (Lipinski definition) is 3. The molecule has 0 aromatic carbocycles. The molecule has 0 aliphatic heterocycles. The lowest BCUT2D eigenvalue weighted by Crippen LogP contribution is -2.33. The van der Waals surface area contributed by atoms with Gasteiger partial charge in [0, 0.05) is 12.4 Å². The quantitative estimate of drug-likeness (QED) is 0.616. The molecular formula is C6H8N2OS. The van der Waals surface area contributed by atoms with E-state index in [1.807, 2.05) is 5.38 Å². The first kappa shape index (κ1) is 7.24. The highest BCUT2D eigenvalue weighted by Crippen LogP contribution is 2.04. The fourth-order valence-electron chi connectivity index (χ4n) is 0.579. The van der Waals surface area contributed by atoms with E-state index in [0.717, 1.165) is 0 Å². The number of thiophene rings is 1. The fraction of sp³-hybridized carbons (Fsp3) is 0.167. The number of hydrogen-bond donors (Lipinski definition) is 2. The van der Waals surface area contributed by atoms with Crippen LogP contribution < -0.4 is 10.9 Å². The van der Waals surface area contributed by atoms with Crippen LogP contribution in [0.25, 0.3) is 0 Å². The first-order valence-electron chi connectivity index (χ1n) is 2.84. The van der Waals surface area contributed by atoms with Gasteiger partial charge in [0.1, 0.15) is 0 Å². The van der Waals surface area contributed by atoms with E-state index in [0.29, 0.717) is 5.56 Å². The molecule has 54 valence electrons. The summed E-state index contributed by atoms with van der Waals surface area (Å²) in [5, 5.41) is 3.66. The molecule has 0 bridgehead atoms. The van der Waals surface area contributed by atoms with Crippen molar-refractivity contribution in [1.29, 1.82) is 0 Å². The first-order valence-corrected chi connectivity index (χ1v) is 3.78. The largest absolute Gasteiger partial charge is 0.288 e. The number of rotatable bonds is 2. The molecule has 0 aliphatic rings. The zero-order valence-electron chi connectivity index (χ0n) is 5.55. The number of carbonyl (C=O) groups is 1. The van der Waals surface area contributed by atoms with Crippen molar-refractivity contribution in [2.24, 2.45) is 0 Å². The molecule has 0 atom stereocenters. The third-order valence-electron chi connectivity index (χ3n) is 1.02. The van der Waals surface area contributed by atoms with Crippen LogP contribution in [0.15, 0.2) is 16.8 Å². The summed E-state index contributed by atoms with van der Waals surface area (Å²) in [7, 11) is 1.66. The summed E-state index contributed by atoms with van der Waals surface area (Å²) < 4.78 is 0. The molecule has 0 saturated heterocycles. The molecule has 1 rings (SSSR count). The van der Waals surface area contributed by atoms with Crippen LogP contribution in [0.3, 0.4) is 0 Å². The molecule has 4 heteroatoms. The van der Waals surface area contributed by atoms with Crippen LogP contribution in [-0.2, 0) is 0 Å². The number of nitrogens with one attached hydrogen (secondary N) is 2. The van der Waals surface area contributed by atoms with Crippen molar-refractivity contribution in [3.8, 4) is 0 Å². The van der Waals surface area contributed by atoms with E-state index in [4.69, 9.17) is 0 Å². The monoisotopic (exact) mass is 156 g/mol. The van der Waals surface area contributed by atoms with Crippen molar-refractivity contribution in [1.82, 2.24) is 10.9 Å².